The molecule has 1 aromatic heterocycles. The Labute approximate surface area is 176 Å². The fraction of sp³-hybridized carbons (Fsp3) is 0.375. The normalized spacial score (nSPS) is 24.6. The van der Waals surface area contributed by atoms with Crippen LogP contribution in [0.15, 0.2) is 60.4 Å². The van der Waals surface area contributed by atoms with Crippen molar-refractivity contribution < 1.29 is 14.3 Å². The highest BCUT2D eigenvalue weighted by Crippen LogP contribution is 2.36. The first kappa shape index (κ1) is 20.3. The highest BCUT2D eigenvalue weighted by Gasteiger charge is 2.43. The molecule has 0 spiro atoms. The number of pyridine rings is 1. The minimum Gasteiger partial charge on any atom is -0.468 e. The molecule has 6 heteroatoms. The number of likely N-dealkylation sites (tertiary alicyclic amines) is 1. The van der Waals surface area contributed by atoms with E-state index in [-0.39, 0.29) is 29.9 Å². The second kappa shape index (κ2) is 8.79. The van der Waals surface area contributed by atoms with Crippen LogP contribution >= 0.6 is 0 Å². The van der Waals surface area contributed by atoms with E-state index in [4.69, 9.17) is 4.74 Å². The molecule has 1 N–H and O–H groups in total. The quantitative estimate of drug-likeness (QED) is 0.775. The predicted octanol–water partition coefficient (Wildman–Crippen LogP) is 2.81. The van der Waals surface area contributed by atoms with E-state index in [1.807, 2.05) is 30.3 Å². The van der Waals surface area contributed by atoms with Crippen molar-refractivity contribution >= 4 is 17.4 Å². The number of hydrogen-bond donors (Lipinski definition) is 1. The molecule has 0 aliphatic carbocycles. The Bertz CT molecular complexity index is 943. The second-order valence-corrected chi connectivity index (χ2v) is 8.07. The van der Waals surface area contributed by atoms with Gasteiger partial charge in [0.1, 0.15) is 6.04 Å². The largest absolute Gasteiger partial charge is 0.468 e. The van der Waals surface area contributed by atoms with Gasteiger partial charge in [-0.1, -0.05) is 30.3 Å². The third kappa shape index (κ3) is 4.14. The van der Waals surface area contributed by atoms with E-state index in [1.165, 1.54) is 7.11 Å². The van der Waals surface area contributed by atoms with Crippen molar-refractivity contribution in [3.05, 3.63) is 71.6 Å². The molecule has 2 aliphatic rings. The first-order chi connectivity index (χ1) is 14.6. The Hall–Kier alpha value is -2.99. The van der Waals surface area contributed by atoms with Crippen molar-refractivity contribution in [1.82, 2.24) is 15.2 Å². The zero-order valence-electron chi connectivity index (χ0n) is 17.4. The third-order valence-electron chi connectivity index (χ3n) is 6.23. The predicted molar refractivity (Wildman–Crippen MR) is 114 cm³/mol. The summed E-state index contributed by atoms with van der Waals surface area (Å²) >= 11 is 0. The average molecular weight is 405 g/mol. The number of ether oxygens (including phenoxy) is 1. The first-order valence-electron chi connectivity index (χ1n) is 10.3. The minimum absolute atomic E-state index is 0.0218. The van der Waals surface area contributed by atoms with Crippen molar-refractivity contribution in [3.63, 3.8) is 0 Å². The molecule has 30 heavy (non-hydrogen) atoms. The average Bonchev–Trinajstić information content (AvgIpc) is 3.19. The van der Waals surface area contributed by atoms with Crippen molar-refractivity contribution in [2.75, 3.05) is 13.7 Å². The van der Waals surface area contributed by atoms with Gasteiger partial charge in [-0.15, -0.1) is 0 Å². The lowest BCUT2D eigenvalue weighted by Crippen LogP contribution is -2.45. The lowest BCUT2D eigenvalue weighted by Gasteiger charge is -2.32. The molecule has 1 aromatic carbocycles. The second-order valence-electron chi connectivity index (χ2n) is 8.07. The molecule has 0 radical (unpaired) electrons. The van der Waals surface area contributed by atoms with Gasteiger partial charge in [0.15, 0.2) is 0 Å². The number of aromatic nitrogens is 1. The number of carbonyl (C=O) groups excluding carboxylic acids is 2. The molecule has 1 fully saturated rings. The van der Waals surface area contributed by atoms with Gasteiger partial charge in [0.25, 0.3) is 0 Å². The lowest BCUT2D eigenvalue weighted by molar-refractivity contribution is -0.146. The van der Waals surface area contributed by atoms with Gasteiger partial charge in [-0.05, 0) is 53.7 Å². The van der Waals surface area contributed by atoms with Crippen LogP contribution in [0.2, 0.25) is 0 Å². The Morgan fingerprint density at radius 1 is 1.20 bits per heavy atom. The van der Waals surface area contributed by atoms with Crippen LogP contribution in [0.25, 0.3) is 5.57 Å². The van der Waals surface area contributed by atoms with Crippen LogP contribution in [0.3, 0.4) is 0 Å². The van der Waals surface area contributed by atoms with Crippen LogP contribution in [0.1, 0.15) is 30.9 Å². The highest BCUT2D eigenvalue weighted by molar-refractivity contribution is 5.93. The fourth-order valence-electron chi connectivity index (χ4n) is 4.73. The number of hydrogen-bond acceptors (Lipinski definition) is 5. The molecule has 2 aliphatic heterocycles. The van der Waals surface area contributed by atoms with Gasteiger partial charge in [0.05, 0.1) is 19.6 Å². The summed E-state index contributed by atoms with van der Waals surface area (Å²) in [4.78, 5) is 31.3. The van der Waals surface area contributed by atoms with E-state index in [0.717, 1.165) is 28.8 Å². The zero-order valence-corrected chi connectivity index (χ0v) is 17.4. The molecule has 1 amide bonds. The van der Waals surface area contributed by atoms with Crippen molar-refractivity contribution in [2.45, 2.75) is 38.4 Å². The molecule has 4 rings (SSSR count). The Morgan fingerprint density at radius 3 is 2.63 bits per heavy atom. The summed E-state index contributed by atoms with van der Waals surface area (Å²) in [6.07, 6.45) is 4.53. The summed E-state index contributed by atoms with van der Waals surface area (Å²) < 4.78 is 5.09. The number of benzene rings is 1. The monoisotopic (exact) mass is 405 g/mol. The smallest absolute Gasteiger partial charge is 0.323 e. The molecule has 0 bridgehead atoms. The summed E-state index contributed by atoms with van der Waals surface area (Å²) in [6, 6.07) is 13.6. The van der Waals surface area contributed by atoms with E-state index in [1.54, 1.807) is 12.4 Å². The number of rotatable bonds is 5. The van der Waals surface area contributed by atoms with E-state index in [2.05, 4.69) is 34.3 Å². The number of methoxy groups -OCH3 is 1. The summed E-state index contributed by atoms with van der Waals surface area (Å²) in [5.41, 5.74) is 4.41. The Morgan fingerprint density at radius 2 is 1.93 bits per heavy atom. The Kier molecular flexibility index (Phi) is 5.95. The summed E-state index contributed by atoms with van der Waals surface area (Å²) in [6.45, 7) is 3.49. The van der Waals surface area contributed by atoms with E-state index in [9.17, 15) is 9.59 Å². The molecule has 3 atom stereocenters. The molecule has 6 nitrogen and oxygen atoms in total. The molecule has 2 aromatic rings. The van der Waals surface area contributed by atoms with E-state index < -0.39 is 0 Å². The molecule has 0 saturated carbocycles. The topological polar surface area (TPSA) is 71.5 Å². The standard InChI is InChI=1S/C24H27N3O3/c1-16-20(18-8-10-25-11-9-18)13-22(28)26-23(16)19-12-21(24(29)30-2)27(15-19)14-17-6-4-3-5-7-17/h3-11,19,21,23H,12-15H2,1-2H3,(H,26,28). The zero-order chi connectivity index (χ0) is 21.1. The van der Waals surface area contributed by atoms with Crippen LogP contribution in [-0.4, -0.2) is 47.5 Å². The van der Waals surface area contributed by atoms with Gasteiger partial charge in [-0.3, -0.25) is 19.5 Å². The van der Waals surface area contributed by atoms with E-state index in [0.29, 0.717) is 19.4 Å². The molecule has 3 heterocycles. The van der Waals surface area contributed by atoms with Crippen LogP contribution in [0.4, 0.5) is 0 Å². The number of nitrogens with zero attached hydrogens (tertiary/aromatic N) is 2. The fourth-order valence-corrected chi connectivity index (χ4v) is 4.73. The van der Waals surface area contributed by atoms with Crippen molar-refractivity contribution in [1.29, 1.82) is 0 Å². The van der Waals surface area contributed by atoms with Gasteiger partial charge in [0, 0.05) is 25.5 Å². The van der Waals surface area contributed by atoms with Gasteiger partial charge >= 0.3 is 5.97 Å². The van der Waals surface area contributed by atoms with Gasteiger partial charge in [-0.25, -0.2) is 0 Å². The maximum atomic E-state index is 12.5. The van der Waals surface area contributed by atoms with Gasteiger partial charge < -0.3 is 10.1 Å². The van der Waals surface area contributed by atoms with Crippen molar-refractivity contribution in [3.8, 4) is 0 Å². The summed E-state index contributed by atoms with van der Waals surface area (Å²) in [7, 11) is 1.44. The molecule has 3 unspecified atom stereocenters. The third-order valence-corrected chi connectivity index (χ3v) is 6.23. The Balaban J connectivity index is 1.61. The molecule has 1 saturated heterocycles. The SMILES string of the molecule is COC(=O)C1CC(C2NC(=O)CC(c3ccncc3)=C2C)CN1Cc1ccccc1. The number of esters is 1. The highest BCUT2D eigenvalue weighted by atomic mass is 16.5. The lowest BCUT2D eigenvalue weighted by atomic mass is 9.83. The van der Waals surface area contributed by atoms with Crippen LogP contribution < -0.4 is 5.32 Å². The van der Waals surface area contributed by atoms with Gasteiger partial charge in [-0.2, -0.15) is 0 Å². The first-order valence-corrected chi connectivity index (χ1v) is 10.3. The maximum absolute atomic E-state index is 12.5. The van der Waals surface area contributed by atoms with Gasteiger partial charge in [0.2, 0.25) is 5.91 Å². The minimum atomic E-state index is -0.309. The maximum Gasteiger partial charge on any atom is 0.323 e. The summed E-state index contributed by atoms with van der Waals surface area (Å²) in [5, 5.41) is 3.18. The molecule has 156 valence electrons. The van der Waals surface area contributed by atoms with Crippen LogP contribution in [0.5, 0.6) is 0 Å². The number of amides is 1. The number of carbonyl (C=O) groups is 2. The van der Waals surface area contributed by atoms with Crippen molar-refractivity contribution in [2.24, 2.45) is 5.92 Å². The number of nitrogens with one attached hydrogen (secondary N) is 1. The summed E-state index contributed by atoms with van der Waals surface area (Å²) in [5.74, 6) is -0.0565. The van der Waals surface area contributed by atoms with Crippen LogP contribution in [-0.2, 0) is 20.9 Å². The molecular weight excluding hydrogens is 378 g/mol. The van der Waals surface area contributed by atoms with Crippen LogP contribution in [0, 0.1) is 5.92 Å². The van der Waals surface area contributed by atoms with E-state index >= 15 is 0 Å². The molecular formula is C24H27N3O3.